The van der Waals surface area contributed by atoms with E-state index in [2.05, 4.69) is 31.5 Å². The molecule has 0 fully saturated rings. The van der Waals surface area contributed by atoms with Crippen LogP contribution < -0.4 is 10.2 Å². The normalized spacial score (nSPS) is 11.9. The predicted octanol–water partition coefficient (Wildman–Crippen LogP) is 6.69. The van der Waals surface area contributed by atoms with E-state index >= 15 is 0 Å². The van der Waals surface area contributed by atoms with E-state index < -0.39 is 8.07 Å². The number of imidazole rings is 1. The summed E-state index contributed by atoms with van der Waals surface area (Å²) in [6, 6.07) is 6.06. The van der Waals surface area contributed by atoms with Crippen molar-refractivity contribution in [1.29, 1.82) is 0 Å². The van der Waals surface area contributed by atoms with Crippen LogP contribution in [0.4, 0.5) is 4.79 Å². The van der Waals surface area contributed by atoms with Gasteiger partial charge in [-0.2, -0.15) is 0 Å². The van der Waals surface area contributed by atoms with Crippen molar-refractivity contribution in [2.45, 2.75) is 52.4 Å². The van der Waals surface area contributed by atoms with E-state index in [1.165, 1.54) is 10.9 Å². The van der Waals surface area contributed by atoms with Gasteiger partial charge in [0.25, 0.3) is 0 Å². The van der Waals surface area contributed by atoms with Gasteiger partial charge >= 0.3 is 6.03 Å². The summed E-state index contributed by atoms with van der Waals surface area (Å²) in [5.41, 5.74) is 0.349. The Hall–Kier alpha value is -2.30. The fraction of sp³-hybridized carbons (Fsp3) is 0.423. The average molecular weight is 602 g/mol. The quantitative estimate of drug-likeness (QED) is 0.242. The number of carbonyl (C=O) groups excluding carboxylic acids is 1. The van der Waals surface area contributed by atoms with Crippen LogP contribution in [0.15, 0.2) is 60.2 Å². The average Bonchev–Trinajstić information content (AvgIpc) is 3.39. The van der Waals surface area contributed by atoms with Crippen molar-refractivity contribution in [3.63, 3.8) is 0 Å². The SMILES string of the molecule is CC(OCn1ccc(=O)cc1)[Si](C)(C)C.CCCN(CCOc1c(Cl)cc(Cl)cc1Cl)C(=O)n1ccnc1. The van der Waals surface area contributed by atoms with Gasteiger partial charge in [-0.25, -0.2) is 9.78 Å². The molecule has 1 unspecified atom stereocenters. The number of amides is 1. The Morgan fingerprint density at radius 2 is 1.71 bits per heavy atom. The maximum Gasteiger partial charge on any atom is 0.329 e. The Morgan fingerprint density at radius 1 is 1.08 bits per heavy atom. The second-order valence-corrected chi connectivity index (χ2v) is 16.4. The van der Waals surface area contributed by atoms with Crippen LogP contribution >= 0.6 is 34.8 Å². The van der Waals surface area contributed by atoms with Gasteiger partial charge in [-0.15, -0.1) is 0 Å². The number of hydrogen-bond donors (Lipinski definition) is 0. The number of pyridine rings is 1. The van der Waals surface area contributed by atoms with Gasteiger partial charge in [0.2, 0.25) is 0 Å². The second kappa shape index (κ2) is 15.3. The van der Waals surface area contributed by atoms with E-state index in [0.29, 0.717) is 46.4 Å². The van der Waals surface area contributed by atoms with Crippen molar-refractivity contribution >= 4 is 48.9 Å². The van der Waals surface area contributed by atoms with E-state index in [4.69, 9.17) is 44.3 Å². The van der Waals surface area contributed by atoms with Crippen LogP contribution in [0.25, 0.3) is 0 Å². The van der Waals surface area contributed by atoms with Crippen LogP contribution in [-0.2, 0) is 11.5 Å². The molecule has 0 aliphatic rings. The highest BCUT2D eigenvalue weighted by molar-refractivity contribution is 6.77. The number of rotatable bonds is 10. The smallest absolute Gasteiger partial charge is 0.329 e. The van der Waals surface area contributed by atoms with Crippen molar-refractivity contribution in [2.24, 2.45) is 0 Å². The largest absolute Gasteiger partial charge is 0.489 e. The van der Waals surface area contributed by atoms with Gasteiger partial charge in [0.05, 0.1) is 24.7 Å². The molecule has 2 aromatic heterocycles. The first-order valence-electron chi connectivity index (χ1n) is 12.2. The van der Waals surface area contributed by atoms with Crippen LogP contribution in [0.1, 0.15) is 20.3 Å². The third-order valence-corrected chi connectivity index (χ3v) is 9.00. The van der Waals surface area contributed by atoms with Gasteiger partial charge in [0.1, 0.15) is 19.7 Å². The van der Waals surface area contributed by atoms with Crippen LogP contribution in [0, 0.1) is 0 Å². The summed E-state index contributed by atoms with van der Waals surface area (Å²) in [5.74, 6) is 0.365. The maximum atomic E-state index is 12.3. The van der Waals surface area contributed by atoms with E-state index in [1.54, 1.807) is 54.0 Å². The topological polar surface area (TPSA) is 78.6 Å². The monoisotopic (exact) mass is 600 g/mol. The zero-order valence-electron chi connectivity index (χ0n) is 22.4. The minimum Gasteiger partial charge on any atom is -0.489 e. The Bertz CT molecular complexity index is 1170. The number of hydrogen-bond acceptors (Lipinski definition) is 5. The van der Waals surface area contributed by atoms with Gasteiger partial charge in [0, 0.05) is 54.2 Å². The molecule has 0 bridgehead atoms. The van der Waals surface area contributed by atoms with Crippen LogP contribution in [-0.4, -0.2) is 58.5 Å². The fourth-order valence-corrected chi connectivity index (χ4v) is 4.51. The number of carbonyl (C=O) groups is 1. The predicted molar refractivity (Wildman–Crippen MR) is 156 cm³/mol. The summed E-state index contributed by atoms with van der Waals surface area (Å²) in [5, 5.41) is 1.12. The summed E-state index contributed by atoms with van der Waals surface area (Å²) >= 11 is 18.0. The highest BCUT2D eigenvalue weighted by Gasteiger charge is 2.22. The van der Waals surface area contributed by atoms with Gasteiger partial charge in [0.15, 0.2) is 11.2 Å². The van der Waals surface area contributed by atoms with Gasteiger partial charge in [-0.1, -0.05) is 61.4 Å². The van der Waals surface area contributed by atoms with Crippen molar-refractivity contribution < 1.29 is 14.3 Å². The molecule has 38 heavy (non-hydrogen) atoms. The van der Waals surface area contributed by atoms with E-state index in [0.717, 1.165) is 6.42 Å². The molecule has 0 aliphatic heterocycles. The van der Waals surface area contributed by atoms with Crippen LogP contribution in [0.3, 0.4) is 0 Å². The molecule has 0 saturated carbocycles. The lowest BCUT2D eigenvalue weighted by molar-refractivity contribution is 0.0562. The van der Waals surface area contributed by atoms with Crippen molar-refractivity contribution in [3.05, 3.63) is 80.7 Å². The molecule has 2 heterocycles. The molecular formula is C26H35Cl3N4O4Si. The first-order valence-corrected chi connectivity index (χ1v) is 17.0. The molecule has 8 nitrogen and oxygen atoms in total. The summed E-state index contributed by atoms with van der Waals surface area (Å²) < 4.78 is 14.7. The molecule has 0 aliphatic carbocycles. The lowest BCUT2D eigenvalue weighted by Crippen LogP contribution is -2.38. The Balaban J connectivity index is 0.000000293. The summed E-state index contributed by atoms with van der Waals surface area (Å²) in [6.07, 6.45) is 8.98. The lowest BCUT2D eigenvalue weighted by Gasteiger charge is -2.25. The lowest BCUT2D eigenvalue weighted by atomic mass is 10.3. The summed E-state index contributed by atoms with van der Waals surface area (Å²) in [6.45, 7) is 12.8. The third kappa shape index (κ3) is 10.5. The highest BCUT2D eigenvalue weighted by atomic mass is 35.5. The van der Waals surface area contributed by atoms with E-state index in [-0.39, 0.29) is 18.1 Å². The maximum absolute atomic E-state index is 12.3. The minimum atomic E-state index is -1.22. The molecule has 0 radical (unpaired) electrons. The van der Waals surface area contributed by atoms with Crippen molar-refractivity contribution in [2.75, 3.05) is 19.7 Å². The Morgan fingerprint density at radius 3 is 2.24 bits per heavy atom. The van der Waals surface area contributed by atoms with E-state index in [9.17, 15) is 9.59 Å². The molecular weight excluding hydrogens is 567 g/mol. The number of benzene rings is 1. The van der Waals surface area contributed by atoms with Gasteiger partial charge in [-0.05, 0) is 25.5 Å². The molecule has 1 atom stereocenters. The molecule has 12 heteroatoms. The van der Waals surface area contributed by atoms with E-state index in [1.807, 2.05) is 11.5 Å². The van der Waals surface area contributed by atoms with Gasteiger partial charge in [-0.3, -0.25) is 9.36 Å². The summed E-state index contributed by atoms with van der Waals surface area (Å²) in [7, 11) is -1.22. The molecule has 0 spiro atoms. The number of nitrogens with zero attached hydrogens (tertiary/aromatic N) is 4. The molecule has 0 N–H and O–H groups in total. The number of halogens is 3. The third-order valence-electron chi connectivity index (χ3n) is 5.61. The zero-order chi connectivity index (χ0) is 28.3. The number of aromatic nitrogens is 3. The van der Waals surface area contributed by atoms with Crippen molar-refractivity contribution in [1.82, 2.24) is 19.0 Å². The molecule has 3 rings (SSSR count). The standard InChI is InChI=1S/C15H16Cl3N3O2.C11H19NO2Si/c1-2-4-20(15(22)21-5-3-19-10-21)6-7-23-14-12(17)8-11(16)9-13(14)18;1-10(15(2,3)4)14-9-12-7-5-11(13)6-8-12/h3,5,8-10H,2,4,6-7H2,1H3;5-8,10H,9H2,1-4H3. The number of ether oxygens (including phenoxy) is 2. The molecule has 1 amide bonds. The first kappa shape index (κ1) is 31.9. The molecule has 3 aromatic rings. The molecule has 0 saturated heterocycles. The zero-order valence-corrected chi connectivity index (χ0v) is 25.6. The Kier molecular flexibility index (Phi) is 12.9. The van der Waals surface area contributed by atoms with Crippen molar-refractivity contribution in [3.8, 4) is 5.75 Å². The Labute approximate surface area is 240 Å². The highest BCUT2D eigenvalue weighted by Crippen LogP contribution is 2.35. The van der Waals surface area contributed by atoms with Crippen LogP contribution in [0.5, 0.6) is 5.75 Å². The second-order valence-electron chi connectivity index (χ2n) is 9.64. The van der Waals surface area contributed by atoms with Crippen LogP contribution in [0.2, 0.25) is 34.7 Å². The first-order chi connectivity index (χ1) is 17.9. The summed E-state index contributed by atoms with van der Waals surface area (Å²) in [4.78, 5) is 28.8. The fourth-order valence-electron chi connectivity index (χ4n) is 3.01. The minimum absolute atomic E-state index is 0.0319. The molecule has 1 aromatic carbocycles. The molecule has 208 valence electrons. The van der Waals surface area contributed by atoms with Gasteiger partial charge < -0.3 is 18.9 Å².